The van der Waals surface area contributed by atoms with Crippen LogP contribution in [-0.4, -0.2) is 10.9 Å². The van der Waals surface area contributed by atoms with Crippen LogP contribution in [0.4, 0.5) is 17.2 Å². The van der Waals surface area contributed by atoms with E-state index >= 15 is 0 Å². The topological polar surface area (TPSA) is 54.0 Å². The van der Waals surface area contributed by atoms with Gasteiger partial charge in [0.2, 0.25) is 0 Å². The summed E-state index contributed by atoms with van der Waals surface area (Å²) in [7, 11) is 0. The molecule has 0 saturated carbocycles. The van der Waals surface area contributed by atoms with E-state index < -0.39 is 0 Å². The summed E-state index contributed by atoms with van der Waals surface area (Å²) in [6, 6.07) is 16.5. The Morgan fingerprint density at radius 1 is 0.960 bits per heavy atom. The third-order valence-electron chi connectivity index (χ3n) is 3.86. The van der Waals surface area contributed by atoms with E-state index in [1.807, 2.05) is 18.2 Å². The van der Waals surface area contributed by atoms with Gasteiger partial charge in [-0.15, -0.1) is 0 Å². The molecule has 1 amide bonds. The first-order valence-corrected chi connectivity index (χ1v) is 8.27. The minimum absolute atomic E-state index is 0.200. The molecular formula is C20H18ClN3O. The number of hydrogen-bond donors (Lipinski definition) is 2. The lowest BCUT2D eigenvalue weighted by atomic mass is 10.1. The quantitative estimate of drug-likeness (QED) is 0.666. The molecule has 126 valence electrons. The zero-order valence-corrected chi connectivity index (χ0v) is 14.8. The molecule has 5 heteroatoms. The number of carbonyl (C=O) groups excluding carboxylic acids is 1. The van der Waals surface area contributed by atoms with Crippen molar-refractivity contribution in [2.24, 2.45) is 0 Å². The van der Waals surface area contributed by atoms with Gasteiger partial charge in [0.05, 0.1) is 11.9 Å². The molecule has 3 rings (SSSR count). The number of anilines is 3. The molecular weight excluding hydrogens is 334 g/mol. The summed E-state index contributed by atoms with van der Waals surface area (Å²) in [5, 5.41) is 6.74. The van der Waals surface area contributed by atoms with Crippen LogP contribution >= 0.6 is 11.6 Å². The highest BCUT2D eigenvalue weighted by molar-refractivity contribution is 6.30. The van der Waals surface area contributed by atoms with Crippen molar-refractivity contribution < 1.29 is 4.79 Å². The number of carbonyl (C=O) groups is 1. The number of hydrogen-bond acceptors (Lipinski definition) is 3. The van der Waals surface area contributed by atoms with Gasteiger partial charge in [0.15, 0.2) is 0 Å². The molecule has 0 radical (unpaired) electrons. The minimum Gasteiger partial charge on any atom is -0.340 e. The average Bonchev–Trinajstić information content (AvgIpc) is 2.60. The number of pyridine rings is 1. The fourth-order valence-electron chi connectivity index (χ4n) is 2.49. The molecule has 3 aromatic rings. The smallest absolute Gasteiger partial charge is 0.255 e. The van der Waals surface area contributed by atoms with E-state index in [4.69, 9.17) is 11.6 Å². The summed E-state index contributed by atoms with van der Waals surface area (Å²) < 4.78 is 0. The monoisotopic (exact) mass is 351 g/mol. The Kier molecular flexibility index (Phi) is 5.00. The molecule has 0 aliphatic rings. The van der Waals surface area contributed by atoms with Gasteiger partial charge in [-0.25, -0.2) is 4.98 Å². The lowest BCUT2D eigenvalue weighted by Gasteiger charge is -2.12. The number of benzene rings is 2. The van der Waals surface area contributed by atoms with Crippen LogP contribution in [0.1, 0.15) is 21.5 Å². The van der Waals surface area contributed by atoms with E-state index in [1.54, 1.807) is 30.5 Å². The Hall–Kier alpha value is -2.85. The van der Waals surface area contributed by atoms with Crippen molar-refractivity contribution in [2.45, 2.75) is 13.8 Å². The highest BCUT2D eigenvalue weighted by Crippen LogP contribution is 2.23. The van der Waals surface area contributed by atoms with Gasteiger partial charge in [-0.2, -0.15) is 0 Å². The van der Waals surface area contributed by atoms with Gasteiger partial charge in [-0.05, 0) is 61.4 Å². The molecule has 2 aromatic carbocycles. The van der Waals surface area contributed by atoms with Gasteiger partial charge in [-0.1, -0.05) is 29.8 Å². The number of para-hydroxylation sites is 1. The first kappa shape index (κ1) is 17.0. The van der Waals surface area contributed by atoms with Crippen molar-refractivity contribution in [3.63, 3.8) is 0 Å². The standard InChI is InChI=1S/C20H18ClN3O/c1-13-4-3-5-14(2)19(13)24-18-11-10-17(12-22-18)23-20(25)15-6-8-16(21)9-7-15/h3-12H,1-2H3,(H,22,24)(H,23,25). The van der Waals surface area contributed by atoms with Crippen molar-refractivity contribution in [2.75, 3.05) is 10.6 Å². The predicted molar refractivity (Wildman–Crippen MR) is 103 cm³/mol. The van der Waals surface area contributed by atoms with Crippen LogP contribution in [0.5, 0.6) is 0 Å². The first-order chi connectivity index (χ1) is 12.0. The second-order valence-corrected chi connectivity index (χ2v) is 6.22. The van der Waals surface area contributed by atoms with Crippen LogP contribution < -0.4 is 10.6 Å². The second-order valence-electron chi connectivity index (χ2n) is 5.78. The molecule has 0 unspecified atom stereocenters. The Balaban J connectivity index is 1.70. The Morgan fingerprint density at radius 3 is 2.24 bits per heavy atom. The number of aromatic nitrogens is 1. The van der Waals surface area contributed by atoms with Gasteiger partial charge in [0.1, 0.15) is 5.82 Å². The van der Waals surface area contributed by atoms with Gasteiger partial charge >= 0.3 is 0 Å². The van der Waals surface area contributed by atoms with E-state index in [0.29, 0.717) is 16.3 Å². The van der Waals surface area contributed by atoms with Gasteiger partial charge in [-0.3, -0.25) is 4.79 Å². The molecule has 4 nitrogen and oxygen atoms in total. The third-order valence-corrected chi connectivity index (χ3v) is 4.11. The number of rotatable bonds is 4. The molecule has 0 spiro atoms. The lowest BCUT2D eigenvalue weighted by molar-refractivity contribution is 0.102. The molecule has 0 atom stereocenters. The van der Waals surface area contributed by atoms with Crippen molar-refractivity contribution >= 4 is 34.7 Å². The normalized spacial score (nSPS) is 10.4. The van der Waals surface area contributed by atoms with Crippen LogP contribution in [0, 0.1) is 13.8 Å². The van der Waals surface area contributed by atoms with E-state index in [0.717, 1.165) is 22.6 Å². The van der Waals surface area contributed by atoms with Gasteiger partial charge < -0.3 is 10.6 Å². The van der Waals surface area contributed by atoms with Crippen molar-refractivity contribution in [1.29, 1.82) is 0 Å². The SMILES string of the molecule is Cc1cccc(C)c1Nc1ccc(NC(=O)c2ccc(Cl)cc2)cn1. The van der Waals surface area contributed by atoms with Crippen molar-refractivity contribution in [1.82, 2.24) is 4.98 Å². The lowest BCUT2D eigenvalue weighted by Crippen LogP contribution is -2.12. The average molecular weight is 352 g/mol. The van der Waals surface area contributed by atoms with Crippen molar-refractivity contribution in [3.05, 3.63) is 82.5 Å². The maximum absolute atomic E-state index is 12.2. The van der Waals surface area contributed by atoms with E-state index in [-0.39, 0.29) is 5.91 Å². The van der Waals surface area contributed by atoms with Crippen LogP contribution in [0.2, 0.25) is 5.02 Å². The Labute approximate surface area is 151 Å². The molecule has 1 heterocycles. The Morgan fingerprint density at radius 2 is 1.64 bits per heavy atom. The van der Waals surface area contributed by atoms with E-state index in [1.165, 1.54) is 0 Å². The number of nitrogens with one attached hydrogen (secondary N) is 2. The number of aryl methyl sites for hydroxylation is 2. The van der Waals surface area contributed by atoms with Crippen LogP contribution in [0.15, 0.2) is 60.8 Å². The van der Waals surface area contributed by atoms with E-state index in [9.17, 15) is 4.79 Å². The molecule has 0 aliphatic heterocycles. The van der Waals surface area contributed by atoms with Crippen LogP contribution in [-0.2, 0) is 0 Å². The fraction of sp³-hybridized carbons (Fsp3) is 0.100. The predicted octanol–water partition coefficient (Wildman–Crippen LogP) is 5.35. The van der Waals surface area contributed by atoms with Gasteiger partial charge in [0.25, 0.3) is 5.91 Å². The zero-order chi connectivity index (χ0) is 17.8. The summed E-state index contributed by atoms with van der Waals surface area (Å²) in [6.07, 6.45) is 1.63. The molecule has 0 bridgehead atoms. The number of amides is 1. The van der Waals surface area contributed by atoms with Gasteiger partial charge in [0, 0.05) is 16.3 Å². The summed E-state index contributed by atoms with van der Waals surface area (Å²) in [5.41, 5.74) is 4.53. The maximum atomic E-state index is 12.2. The highest BCUT2D eigenvalue weighted by Gasteiger charge is 2.07. The third kappa shape index (κ3) is 4.17. The van der Waals surface area contributed by atoms with Crippen LogP contribution in [0.3, 0.4) is 0 Å². The molecule has 1 aromatic heterocycles. The largest absolute Gasteiger partial charge is 0.340 e. The molecule has 25 heavy (non-hydrogen) atoms. The summed E-state index contributed by atoms with van der Waals surface area (Å²) in [6.45, 7) is 4.10. The summed E-state index contributed by atoms with van der Waals surface area (Å²) in [4.78, 5) is 16.6. The maximum Gasteiger partial charge on any atom is 0.255 e. The van der Waals surface area contributed by atoms with E-state index in [2.05, 4.69) is 41.6 Å². The van der Waals surface area contributed by atoms with Crippen molar-refractivity contribution in [3.8, 4) is 0 Å². The number of halogens is 1. The molecule has 2 N–H and O–H groups in total. The number of nitrogens with zero attached hydrogens (tertiary/aromatic N) is 1. The summed E-state index contributed by atoms with van der Waals surface area (Å²) in [5.74, 6) is 0.524. The minimum atomic E-state index is -0.200. The zero-order valence-electron chi connectivity index (χ0n) is 14.0. The molecule has 0 saturated heterocycles. The highest BCUT2D eigenvalue weighted by atomic mass is 35.5. The molecule has 0 aliphatic carbocycles. The molecule has 0 fully saturated rings. The summed E-state index contributed by atoms with van der Waals surface area (Å²) >= 11 is 5.83. The fourth-order valence-corrected chi connectivity index (χ4v) is 2.61. The Bertz CT molecular complexity index is 870. The first-order valence-electron chi connectivity index (χ1n) is 7.89. The second kappa shape index (κ2) is 7.36. The van der Waals surface area contributed by atoms with Crippen LogP contribution in [0.25, 0.3) is 0 Å².